The molecule has 6 nitrogen and oxygen atoms in total. The summed E-state index contributed by atoms with van der Waals surface area (Å²) in [4.78, 5) is 12.3. The minimum atomic E-state index is -3.28. The number of hydrogen-bond acceptors (Lipinski definition) is 5. The van der Waals surface area contributed by atoms with Gasteiger partial charge in [-0.25, -0.2) is 8.42 Å². The molecular weight excluding hydrogens is 290 g/mol. The van der Waals surface area contributed by atoms with Gasteiger partial charge >= 0.3 is 0 Å². The van der Waals surface area contributed by atoms with Gasteiger partial charge in [0.25, 0.3) is 0 Å². The lowest BCUT2D eigenvalue weighted by Crippen LogP contribution is -2.40. The molecule has 1 aliphatic heterocycles. The van der Waals surface area contributed by atoms with E-state index in [0.717, 1.165) is 5.56 Å². The van der Waals surface area contributed by atoms with Crippen molar-refractivity contribution in [1.29, 1.82) is 0 Å². The van der Waals surface area contributed by atoms with Crippen molar-refractivity contribution in [3.8, 4) is 0 Å². The average Bonchev–Trinajstić information content (AvgIpc) is 2.86. The van der Waals surface area contributed by atoms with E-state index in [0.29, 0.717) is 12.4 Å². The van der Waals surface area contributed by atoms with Gasteiger partial charge in [-0.1, -0.05) is 12.1 Å². The zero-order valence-electron chi connectivity index (χ0n) is 12.0. The summed E-state index contributed by atoms with van der Waals surface area (Å²) in [5, 5.41) is 0.960. The number of amides is 1. The molecule has 3 N–H and O–H groups in total. The Kier molecular flexibility index (Phi) is 4.22. The first-order valence-corrected chi connectivity index (χ1v) is 8.21. The maximum atomic E-state index is 12.0. The Hall–Kier alpha value is -2.02. The van der Waals surface area contributed by atoms with Gasteiger partial charge in [0.2, 0.25) is 5.91 Å². The van der Waals surface area contributed by atoms with E-state index in [9.17, 15) is 13.2 Å². The van der Waals surface area contributed by atoms with Crippen LogP contribution in [0.2, 0.25) is 0 Å². The highest BCUT2D eigenvalue weighted by atomic mass is 32.2. The van der Waals surface area contributed by atoms with Gasteiger partial charge < -0.3 is 5.73 Å². The molecule has 0 bridgehead atoms. The highest BCUT2D eigenvalue weighted by Crippen LogP contribution is 2.17. The van der Waals surface area contributed by atoms with Crippen LogP contribution in [0.1, 0.15) is 19.4 Å². The maximum absolute atomic E-state index is 12.0. The number of rotatable bonds is 4. The number of sulfone groups is 1. The van der Waals surface area contributed by atoms with Gasteiger partial charge in [0.15, 0.2) is 9.84 Å². The molecule has 1 heterocycles. The van der Waals surface area contributed by atoms with E-state index in [1.54, 1.807) is 44.2 Å². The highest BCUT2D eigenvalue weighted by Gasteiger charge is 2.20. The Morgan fingerprint density at radius 3 is 2.43 bits per heavy atom. The largest absolute Gasteiger partial charge is 0.384 e. The number of nitrogens with zero attached hydrogens (tertiary/aromatic N) is 1. The molecule has 114 valence electrons. The van der Waals surface area contributed by atoms with Crippen molar-refractivity contribution < 1.29 is 13.2 Å². The molecule has 0 aliphatic carbocycles. The number of benzene rings is 1. The molecule has 0 saturated heterocycles. The van der Waals surface area contributed by atoms with E-state index >= 15 is 0 Å². The molecule has 0 fully saturated rings. The van der Waals surface area contributed by atoms with Crippen LogP contribution in [0.4, 0.5) is 0 Å². The van der Waals surface area contributed by atoms with Crippen molar-refractivity contribution in [1.82, 2.24) is 10.4 Å². The summed E-state index contributed by atoms with van der Waals surface area (Å²) >= 11 is 0. The van der Waals surface area contributed by atoms with E-state index in [-0.39, 0.29) is 17.2 Å². The predicted octanol–water partition coefficient (Wildman–Crippen LogP) is 0.558. The molecule has 7 heteroatoms. The molecule has 0 saturated carbocycles. The molecule has 0 atom stereocenters. The Balaban J connectivity index is 2.05. The lowest BCUT2D eigenvalue weighted by atomic mass is 10.1. The van der Waals surface area contributed by atoms with Gasteiger partial charge in [-0.2, -0.15) is 0 Å². The standard InChI is InChI=1S/C14H19N3O3S/c1-10(2)21(19,20)12-5-3-11(4-6-12)9-14(18)17-8-7-13(15)16-17/h3-7,10,16H,8-9,15H2,1-2H3. The van der Waals surface area contributed by atoms with Gasteiger partial charge in [-0.3, -0.25) is 15.2 Å². The fraction of sp³-hybridized carbons (Fsp3) is 0.357. The third kappa shape index (κ3) is 3.36. The van der Waals surface area contributed by atoms with Gasteiger partial charge in [0, 0.05) is 0 Å². The Bertz CT molecular complexity index is 663. The van der Waals surface area contributed by atoms with Crippen molar-refractivity contribution in [2.45, 2.75) is 30.4 Å². The lowest BCUT2D eigenvalue weighted by Gasteiger charge is -2.17. The summed E-state index contributed by atoms with van der Waals surface area (Å²) in [5.74, 6) is 0.341. The van der Waals surface area contributed by atoms with Crippen molar-refractivity contribution in [3.63, 3.8) is 0 Å². The summed E-state index contributed by atoms with van der Waals surface area (Å²) in [5.41, 5.74) is 9.05. The molecule has 0 aromatic heterocycles. The fourth-order valence-corrected chi connectivity index (χ4v) is 3.00. The summed E-state index contributed by atoms with van der Waals surface area (Å²) in [6.07, 6.45) is 1.91. The smallest absolute Gasteiger partial charge is 0.245 e. The maximum Gasteiger partial charge on any atom is 0.245 e. The van der Waals surface area contributed by atoms with E-state index in [2.05, 4.69) is 5.43 Å². The van der Waals surface area contributed by atoms with Gasteiger partial charge in [0.05, 0.1) is 23.1 Å². The summed E-state index contributed by atoms with van der Waals surface area (Å²) < 4.78 is 24.0. The van der Waals surface area contributed by atoms with E-state index in [1.165, 1.54) is 5.01 Å². The van der Waals surface area contributed by atoms with Crippen LogP contribution >= 0.6 is 0 Å². The minimum absolute atomic E-state index is 0.119. The zero-order valence-corrected chi connectivity index (χ0v) is 12.9. The first kappa shape index (κ1) is 15.4. The normalized spacial score (nSPS) is 15.0. The first-order valence-electron chi connectivity index (χ1n) is 6.66. The van der Waals surface area contributed by atoms with Crippen LogP contribution in [0.5, 0.6) is 0 Å². The van der Waals surface area contributed by atoms with Crippen LogP contribution in [-0.4, -0.2) is 31.1 Å². The van der Waals surface area contributed by atoms with Crippen LogP contribution < -0.4 is 11.2 Å². The second-order valence-electron chi connectivity index (χ2n) is 5.19. The quantitative estimate of drug-likeness (QED) is 0.848. The number of nitrogens with one attached hydrogen (secondary N) is 1. The number of hydrogen-bond donors (Lipinski definition) is 2. The second-order valence-corrected chi connectivity index (χ2v) is 7.69. The Morgan fingerprint density at radius 2 is 1.95 bits per heavy atom. The zero-order chi connectivity index (χ0) is 15.6. The van der Waals surface area contributed by atoms with Gasteiger partial charge in [-0.15, -0.1) is 0 Å². The molecule has 1 aromatic rings. The van der Waals surface area contributed by atoms with Gasteiger partial charge in [-0.05, 0) is 37.6 Å². The van der Waals surface area contributed by atoms with Crippen molar-refractivity contribution in [2.24, 2.45) is 5.73 Å². The molecule has 21 heavy (non-hydrogen) atoms. The van der Waals surface area contributed by atoms with Crippen molar-refractivity contribution in [2.75, 3.05) is 6.54 Å². The van der Waals surface area contributed by atoms with E-state index in [1.807, 2.05) is 0 Å². The minimum Gasteiger partial charge on any atom is -0.384 e. The van der Waals surface area contributed by atoms with Crippen molar-refractivity contribution >= 4 is 15.7 Å². The van der Waals surface area contributed by atoms with Crippen molar-refractivity contribution in [3.05, 3.63) is 41.7 Å². The number of hydrazine groups is 1. The van der Waals surface area contributed by atoms with Crippen LogP contribution in [0, 0.1) is 0 Å². The Morgan fingerprint density at radius 1 is 1.33 bits per heavy atom. The number of carbonyl (C=O) groups is 1. The van der Waals surface area contributed by atoms with Gasteiger partial charge in [0.1, 0.15) is 5.82 Å². The molecule has 0 unspecified atom stereocenters. The summed E-state index contributed by atoms with van der Waals surface area (Å²) in [6, 6.07) is 6.42. The Labute approximate surface area is 124 Å². The van der Waals surface area contributed by atoms with Crippen LogP contribution in [-0.2, 0) is 21.1 Å². The van der Waals surface area contributed by atoms with Crippen LogP contribution in [0.3, 0.4) is 0 Å². The van der Waals surface area contributed by atoms with Crippen LogP contribution in [0.25, 0.3) is 0 Å². The lowest BCUT2D eigenvalue weighted by molar-refractivity contribution is -0.131. The molecule has 1 aliphatic rings. The summed E-state index contributed by atoms with van der Waals surface area (Å²) in [6.45, 7) is 3.72. The monoisotopic (exact) mass is 309 g/mol. The molecular formula is C14H19N3O3S. The molecule has 0 spiro atoms. The predicted molar refractivity (Wildman–Crippen MR) is 79.6 cm³/mol. The first-order chi connectivity index (χ1) is 9.80. The third-order valence-corrected chi connectivity index (χ3v) is 5.46. The molecule has 1 amide bonds. The number of nitrogens with two attached hydrogens (primary N) is 1. The molecule has 0 radical (unpaired) electrons. The molecule has 1 aromatic carbocycles. The van der Waals surface area contributed by atoms with E-state index in [4.69, 9.17) is 5.73 Å². The van der Waals surface area contributed by atoms with Crippen LogP contribution in [0.15, 0.2) is 41.1 Å². The highest BCUT2D eigenvalue weighted by molar-refractivity contribution is 7.92. The van der Waals surface area contributed by atoms with E-state index < -0.39 is 15.1 Å². The average molecular weight is 309 g/mol. The number of carbonyl (C=O) groups excluding carboxylic acids is 1. The summed E-state index contributed by atoms with van der Waals surface area (Å²) in [7, 11) is -3.28. The molecule has 2 rings (SSSR count). The SMILES string of the molecule is CC(C)S(=O)(=O)c1ccc(CC(=O)N2CC=C(N)N2)cc1. The fourth-order valence-electron chi connectivity index (χ4n) is 1.94. The second kappa shape index (κ2) is 5.77. The third-order valence-electron chi connectivity index (χ3n) is 3.29. The topological polar surface area (TPSA) is 92.5 Å².